The number of pyridine rings is 1. The number of amides is 1. The first-order valence-electron chi connectivity index (χ1n) is 6.87. The number of hydrogen-bond donors (Lipinski definition) is 1. The van der Waals surface area contributed by atoms with E-state index < -0.39 is 0 Å². The summed E-state index contributed by atoms with van der Waals surface area (Å²) in [7, 11) is 1.59. The first kappa shape index (κ1) is 13.8. The third kappa shape index (κ3) is 3.06. The lowest BCUT2D eigenvalue weighted by Crippen LogP contribution is -2.35. The molecule has 1 heterocycles. The molecule has 1 amide bonds. The standard InChI is InChI=1S/C15H22N2O2/c1-11-9-13(19-3)16-10-12(11)17-14(18)15(2)7-5-4-6-8-15/h9-10H,4-8H2,1-3H3,(H,17,18). The van der Waals surface area contributed by atoms with Crippen LogP contribution in [-0.4, -0.2) is 18.0 Å². The van der Waals surface area contributed by atoms with E-state index in [2.05, 4.69) is 17.2 Å². The minimum absolute atomic E-state index is 0.113. The van der Waals surface area contributed by atoms with E-state index in [4.69, 9.17) is 4.74 Å². The Kier molecular flexibility index (Phi) is 4.08. The van der Waals surface area contributed by atoms with E-state index in [0.717, 1.165) is 36.9 Å². The van der Waals surface area contributed by atoms with Crippen molar-refractivity contribution in [2.75, 3.05) is 12.4 Å². The molecule has 1 aliphatic rings. The maximum absolute atomic E-state index is 12.4. The number of nitrogens with one attached hydrogen (secondary N) is 1. The molecule has 1 aliphatic carbocycles. The van der Waals surface area contributed by atoms with Crippen molar-refractivity contribution in [3.8, 4) is 5.88 Å². The summed E-state index contributed by atoms with van der Waals surface area (Å²) in [5.74, 6) is 0.682. The highest BCUT2D eigenvalue weighted by Crippen LogP contribution is 2.37. The number of carbonyl (C=O) groups is 1. The van der Waals surface area contributed by atoms with Gasteiger partial charge in [0, 0.05) is 11.5 Å². The quantitative estimate of drug-likeness (QED) is 0.909. The van der Waals surface area contributed by atoms with Gasteiger partial charge < -0.3 is 10.1 Å². The topological polar surface area (TPSA) is 51.2 Å². The maximum atomic E-state index is 12.4. The van der Waals surface area contributed by atoms with Crippen molar-refractivity contribution in [1.29, 1.82) is 0 Å². The average Bonchev–Trinajstić information content (AvgIpc) is 2.41. The smallest absolute Gasteiger partial charge is 0.230 e. The van der Waals surface area contributed by atoms with Gasteiger partial charge in [-0.2, -0.15) is 0 Å². The molecule has 104 valence electrons. The summed E-state index contributed by atoms with van der Waals surface area (Å²) in [5.41, 5.74) is 1.52. The minimum atomic E-state index is -0.232. The lowest BCUT2D eigenvalue weighted by atomic mass is 9.75. The van der Waals surface area contributed by atoms with Crippen molar-refractivity contribution in [3.05, 3.63) is 17.8 Å². The number of anilines is 1. The SMILES string of the molecule is COc1cc(C)c(NC(=O)C2(C)CCCCC2)cn1. The van der Waals surface area contributed by atoms with Crippen molar-refractivity contribution in [2.45, 2.75) is 46.0 Å². The van der Waals surface area contributed by atoms with Crippen LogP contribution in [0.5, 0.6) is 5.88 Å². The molecule has 0 atom stereocenters. The van der Waals surface area contributed by atoms with Crippen molar-refractivity contribution in [2.24, 2.45) is 5.41 Å². The van der Waals surface area contributed by atoms with Crippen LogP contribution in [0.2, 0.25) is 0 Å². The van der Waals surface area contributed by atoms with Gasteiger partial charge in [0.15, 0.2) is 0 Å². The second-order valence-electron chi connectivity index (χ2n) is 5.62. The van der Waals surface area contributed by atoms with Crippen molar-refractivity contribution < 1.29 is 9.53 Å². The zero-order valence-electron chi connectivity index (χ0n) is 12.0. The average molecular weight is 262 g/mol. The zero-order valence-corrected chi connectivity index (χ0v) is 12.0. The van der Waals surface area contributed by atoms with Gasteiger partial charge >= 0.3 is 0 Å². The fourth-order valence-corrected chi connectivity index (χ4v) is 2.61. The third-order valence-electron chi connectivity index (χ3n) is 4.05. The van der Waals surface area contributed by atoms with Gasteiger partial charge in [-0.15, -0.1) is 0 Å². The van der Waals surface area contributed by atoms with Crippen LogP contribution < -0.4 is 10.1 Å². The molecule has 0 radical (unpaired) electrons. The molecule has 1 saturated carbocycles. The Balaban J connectivity index is 2.10. The van der Waals surface area contributed by atoms with Crippen LogP contribution in [0.25, 0.3) is 0 Å². The Hall–Kier alpha value is -1.58. The van der Waals surface area contributed by atoms with E-state index in [1.165, 1.54) is 6.42 Å². The van der Waals surface area contributed by atoms with Gasteiger partial charge in [-0.1, -0.05) is 26.2 Å². The van der Waals surface area contributed by atoms with E-state index in [9.17, 15) is 4.79 Å². The Morgan fingerprint density at radius 1 is 1.37 bits per heavy atom. The molecule has 4 heteroatoms. The summed E-state index contributed by atoms with van der Waals surface area (Å²) >= 11 is 0. The molecule has 0 spiro atoms. The van der Waals surface area contributed by atoms with Gasteiger partial charge in [-0.25, -0.2) is 4.98 Å². The van der Waals surface area contributed by atoms with E-state index in [0.29, 0.717) is 5.88 Å². The molecule has 1 fully saturated rings. The number of aromatic nitrogens is 1. The van der Waals surface area contributed by atoms with Crippen LogP contribution in [0.3, 0.4) is 0 Å². The second-order valence-corrected chi connectivity index (χ2v) is 5.62. The lowest BCUT2D eigenvalue weighted by Gasteiger charge is -2.32. The molecule has 19 heavy (non-hydrogen) atoms. The second kappa shape index (κ2) is 5.59. The first-order chi connectivity index (χ1) is 9.05. The number of hydrogen-bond acceptors (Lipinski definition) is 3. The largest absolute Gasteiger partial charge is 0.481 e. The van der Waals surface area contributed by atoms with E-state index in [1.807, 2.05) is 13.0 Å². The number of rotatable bonds is 3. The maximum Gasteiger partial charge on any atom is 0.230 e. The highest BCUT2D eigenvalue weighted by atomic mass is 16.5. The summed E-state index contributed by atoms with van der Waals surface area (Å²) < 4.78 is 5.07. The van der Waals surface area contributed by atoms with Gasteiger partial charge in [0.05, 0.1) is 19.0 Å². The summed E-state index contributed by atoms with van der Waals surface area (Å²) in [4.78, 5) is 16.6. The molecule has 4 nitrogen and oxygen atoms in total. The summed E-state index contributed by atoms with van der Waals surface area (Å²) in [5, 5.41) is 3.01. The molecule has 1 aromatic rings. The van der Waals surface area contributed by atoms with Crippen LogP contribution in [0.1, 0.15) is 44.6 Å². The van der Waals surface area contributed by atoms with Gasteiger partial charge in [-0.3, -0.25) is 4.79 Å². The fraction of sp³-hybridized carbons (Fsp3) is 0.600. The molecule has 1 N–H and O–H groups in total. The molecule has 1 aromatic heterocycles. The molecule has 0 aliphatic heterocycles. The molecule has 0 aromatic carbocycles. The minimum Gasteiger partial charge on any atom is -0.481 e. The summed E-state index contributed by atoms with van der Waals surface area (Å²) in [6.45, 7) is 4.01. The van der Waals surface area contributed by atoms with Gasteiger partial charge in [0.2, 0.25) is 11.8 Å². The summed E-state index contributed by atoms with van der Waals surface area (Å²) in [6, 6.07) is 1.83. The summed E-state index contributed by atoms with van der Waals surface area (Å²) in [6.07, 6.45) is 7.14. The number of aryl methyl sites for hydroxylation is 1. The number of carbonyl (C=O) groups excluding carboxylic acids is 1. The van der Waals surface area contributed by atoms with Crippen LogP contribution >= 0.6 is 0 Å². The van der Waals surface area contributed by atoms with Crippen molar-refractivity contribution in [1.82, 2.24) is 4.98 Å². The Morgan fingerprint density at radius 2 is 2.05 bits per heavy atom. The normalized spacial score (nSPS) is 17.8. The molecule has 2 rings (SSSR count). The Bertz CT molecular complexity index is 465. The lowest BCUT2D eigenvalue weighted by molar-refractivity contribution is -0.126. The van der Waals surface area contributed by atoms with Crippen molar-refractivity contribution in [3.63, 3.8) is 0 Å². The number of nitrogens with zero attached hydrogens (tertiary/aromatic N) is 1. The Labute approximate surface area is 114 Å². The number of methoxy groups -OCH3 is 1. The van der Waals surface area contributed by atoms with Crippen molar-refractivity contribution >= 4 is 11.6 Å². The monoisotopic (exact) mass is 262 g/mol. The molecule has 0 unspecified atom stereocenters. The van der Waals surface area contributed by atoms with E-state index >= 15 is 0 Å². The van der Waals surface area contributed by atoms with E-state index in [1.54, 1.807) is 13.3 Å². The molecular weight excluding hydrogens is 240 g/mol. The van der Waals surface area contributed by atoms with Crippen LogP contribution in [-0.2, 0) is 4.79 Å². The highest BCUT2D eigenvalue weighted by molar-refractivity contribution is 5.95. The van der Waals surface area contributed by atoms with Crippen LogP contribution in [0.15, 0.2) is 12.3 Å². The molecule has 0 saturated heterocycles. The Morgan fingerprint density at radius 3 is 2.63 bits per heavy atom. The number of ether oxygens (including phenoxy) is 1. The van der Waals surface area contributed by atoms with Gasteiger partial charge in [0.1, 0.15) is 0 Å². The first-order valence-corrected chi connectivity index (χ1v) is 6.87. The third-order valence-corrected chi connectivity index (χ3v) is 4.05. The van der Waals surface area contributed by atoms with Crippen LogP contribution in [0, 0.1) is 12.3 Å². The van der Waals surface area contributed by atoms with Crippen LogP contribution in [0.4, 0.5) is 5.69 Å². The predicted octanol–water partition coefficient (Wildman–Crippen LogP) is 3.31. The predicted molar refractivity (Wildman–Crippen MR) is 75.3 cm³/mol. The fourth-order valence-electron chi connectivity index (χ4n) is 2.61. The van der Waals surface area contributed by atoms with Gasteiger partial charge in [0.25, 0.3) is 0 Å². The van der Waals surface area contributed by atoms with Gasteiger partial charge in [-0.05, 0) is 25.3 Å². The molecular formula is C15H22N2O2. The molecule has 0 bridgehead atoms. The highest BCUT2D eigenvalue weighted by Gasteiger charge is 2.34. The zero-order chi connectivity index (χ0) is 13.9. The van der Waals surface area contributed by atoms with E-state index in [-0.39, 0.29) is 11.3 Å².